The lowest BCUT2D eigenvalue weighted by Crippen LogP contribution is -2.29. The molecule has 0 fully saturated rings. The van der Waals surface area contributed by atoms with Crippen LogP contribution in [0.5, 0.6) is 11.5 Å². The lowest BCUT2D eigenvalue weighted by molar-refractivity contribution is -0.0431. The van der Waals surface area contributed by atoms with Crippen molar-refractivity contribution in [3.8, 4) is 22.9 Å². The molecule has 1 aliphatic rings. The number of rotatable bonds is 2. The summed E-state index contributed by atoms with van der Waals surface area (Å²) in [5.74, 6) is 1.69. The van der Waals surface area contributed by atoms with Gasteiger partial charge in [0.15, 0.2) is 11.5 Å². The molecule has 0 atom stereocenters. The van der Waals surface area contributed by atoms with Crippen LogP contribution in [0.15, 0.2) is 16.7 Å². The minimum Gasteiger partial charge on any atom is -0.449 e. The highest BCUT2D eigenvalue weighted by Gasteiger charge is 2.32. The Labute approximate surface area is 110 Å². The second-order valence-corrected chi connectivity index (χ2v) is 4.93. The summed E-state index contributed by atoms with van der Waals surface area (Å²) in [7, 11) is 0. The quantitative estimate of drug-likeness (QED) is 0.890. The van der Waals surface area contributed by atoms with Gasteiger partial charge in [0.25, 0.3) is 0 Å². The number of aryl methyl sites for hydroxylation is 1. The van der Waals surface area contributed by atoms with E-state index in [4.69, 9.17) is 19.7 Å². The van der Waals surface area contributed by atoms with Crippen LogP contribution >= 0.6 is 0 Å². The topological polar surface area (TPSA) is 83.4 Å². The van der Waals surface area contributed by atoms with Crippen molar-refractivity contribution in [2.24, 2.45) is 5.73 Å². The van der Waals surface area contributed by atoms with Gasteiger partial charge in [0, 0.05) is 19.4 Å². The van der Waals surface area contributed by atoms with Crippen LogP contribution in [0, 0.1) is 6.92 Å². The summed E-state index contributed by atoms with van der Waals surface area (Å²) in [6, 6.07) is 3.78. The Hall–Kier alpha value is -2.08. The first kappa shape index (κ1) is 12.0. The summed E-state index contributed by atoms with van der Waals surface area (Å²) >= 11 is 0. The number of nitrogens with zero attached hydrogens (tertiary/aromatic N) is 2. The Morgan fingerprint density at radius 3 is 2.53 bits per heavy atom. The number of aromatic nitrogens is 2. The summed E-state index contributed by atoms with van der Waals surface area (Å²) in [5.41, 5.74) is 7.30. The zero-order chi connectivity index (χ0) is 13.6. The molecule has 0 unspecified atom stereocenters. The molecule has 1 aromatic carbocycles. The number of nitrogens with two attached hydrogens (primary N) is 1. The van der Waals surface area contributed by atoms with Gasteiger partial charge in [0.05, 0.1) is 6.54 Å². The number of fused-ring (bicyclic) bond motifs is 1. The third-order valence-corrected chi connectivity index (χ3v) is 2.89. The molecule has 2 heterocycles. The molecule has 2 N–H and O–H groups in total. The average Bonchev–Trinajstić information content (AvgIpc) is 2.90. The molecule has 0 saturated heterocycles. The summed E-state index contributed by atoms with van der Waals surface area (Å²) in [4.78, 5) is 4.22. The molecule has 6 nitrogen and oxygen atoms in total. The normalized spacial score (nSPS) is 15.8. The molecule has 3 rings (SSSR count). The smallest absolute Gasteiger partial charge is 0.246 e. The van der Waals surface area contributed by atoms with E-state index in [0.29, 0.717) is 17.5 Å². The van der Waals surface area contributed by atoms with E-state index >= 15 is 0 Å². The Morgan fingerprint density at radius 2 is 1.89 bits per heavy atom. The van der Waals surface area contributed by atoms with Gasteiger partial charge in [-0.25, -0.2) is 0 Å². The summed E-state index contributed by atoms with van der Waals surface area (Å²) in [6.07, 6.45) is 0. The maximum absolute atomic E-state index is 5.71. The Kier molecular flexibility index (Phi) is 2.50. The van der Waals surface area contributed by atoms with Gasteiger partial charge in [0.2, 0.25) is 17.5 Å². The standard InChI is InChI=1S/C13H15N3O3/c1-7-4-9-10(18-13(2,3)17-9)5-8(7)12-15-11(6-14)19-16-12/h4-5H,6,14H2,1-3H3. The molecular weight excluding hydrogens is 246 g/mol. The van der Waals surface area contributed by atoms with Gasteiger partial charge < -0.3 is 19.7 Å². The van der Waals surface area contributed by atoms with E-state index in [2.05, 4.69) is 10.1 Å². The number of ether oxygens (including phenoxy) is 2. The van der Waals surface area contributed by atoms with Crippen molar-refractivity contribution in [2.45, 2.75) is 33.1 Å². The van der Waals surface area contributed by atoms with E-state index in [0.717, 1.165) is 16.9 Å². The Bertz CT molecular complexity index is 634. The van der Waals surface area contributed by atoms with Gasteiger partial charge in [-0.05, 0) is 24.6 Å². The third kappa shape index (κ3) is 2.04. The van der Waals surface area contributed by atoms with E-state index in [1.165, 1.54) is 0 Å². The fourth-order valence-electron chi connectivity index (χ4n) is 2.06. The SMILES string of the molecule is Cc1cc2c(cc1-c1noc(CN)n1)OC(C)(C)O2. The van der Waals surface area contributed by atoms with Gasteiger partial charge in [-0.1, -0.05) is 5.16 Å². The van der Waals surface area contributed by atoms with Gasteiger partial charge in [0.1, 0.15) is 0 Å². The molecule has 6 heteroatoms. The van der Waals surface area contributed by atoms with Gasteiger partial charge in [-0.15, -0.1) is 0 Å². The van der Waals surface area contributed by atoms with Crippen molar-refractivity contribution >= 4 is 0 Å². The van der Waals surface area contributed by atoms with E-state index in [9.17, 15) is 0 Å². The highest BCUT2D eigenvalue weighted by atomic mass is 16.7. The molecule has 0 radical (unpaired) electrons. The average molecular weight is 261 g/mol. The highest BCUT2D eigenvalue weighted by Crippen LogP contribution is 2.42. The molecule has 0 bridgehead atoms. The molecule has 19 heavy (non-hydrogen) atoms. The third-order valence-electron chi connectivity index (χ3n) is 2.89. The van der Waals surface area contributed by atoms with Crippen molar-refractivity contribution in [2.75, 3.05) is 0 Å². The van der Waals surface area contributed by atoms with E-state index in [-0.39, 0.29) is 6.54 Å². The number of benzene rings is 1. The minimum absolute atomic E-state index is 0.226. The first-order valence-corrected chi connectivity index (χ1v) is 6.04. The van der Waals surface area contributed by atoms with Crippen LogP contribution in [0.2, 0.25) is 0 Å². The summed E-state index contributed by atoms with van der Waals surface area (Å²) in [6.45, 7) is 5.91. The summed E-state index contributed by atoms with van der Waals surface area (Å²) in [5, 5.41) is 3.92. The van der Waals surface area contributed by atoms with Crippen molar-refractivity contribution < 1.29 is 14.0 Å². The highest BCUT2D eigenvalue weighted by molar-refractivity contribution is 5.66. The molecule has 100 valence electrons. The summed E-state index contributed by atoms with van der Waals surface area (Å²) < 4.78 is 16.4. The largest absolute Gasteiger partial charge is 0.449 e. The Morgan fingerprint density at radius 1 is 1.21 bits per heavy atom. The van der Waals surface area contributed by atoms with Crippen LogP contribution in [-0.2, 0) is 6.54 Å². The maximum Gasteiger partial charge on any atom is 0.246 e. The van der Waals surface area contributed by atoms with Crippen LogP contribution in [0.3, 0.4) is 0 Å². The molecule has 0 saturated carbocycles. The fraction of sp³-hybridized carbons (Fsp3) is 0.385. The lowest BCUT2D eigenvalue weighted by Gasteiger charge is -2.16. The van der Waals surface area contributed by atoms with Crippen LogP contribution in [0.4, 0.5) is 0 Å². The molecule has 0 aliphatic carbocycles. The van der Waals surface area contributed by atoms with Crippen LogP contribution in [-0.4, -0.2) is 15.9 Å². The first-order valence-electron chi connectivity index (χ1n) is 6.04. The molecule has 0 spiro atoms. The number of hydrogen-bond acceptors (Lipinski definition) is 6. The first-order chi connectivity index (χ1) is 8.98. The van der Waals surface area contributed by atoms with Crippen LogP contribution < -0.4 is 15.2 Å². The minimum atomic E-state index is -0.646. The fourth-order valence-corrected chi connectivity index (χ4v) is 2.06. The predicted molar refractivity (Wildman–Crippen MR) is 67.7 cm³/mol. The maximum atomic E-state index is 5.71. The molecule has 1 aliphatic heterocycles. The van der Waals surface area contributed by atoms with Crippen molar-refractivity contribution in [3.63, 3.8) is 0 Å². The Balaban J connectivity index is 2.05. The van der Waals surface area contributed by atoms with Crippen molar-refractivity contribution in [1.29, 1.82) is 0 Å². The molecule has 1 aromatic heterocycles. The van der Waals surface area contributed by atoms with Crippen LogP contribution in [0.1, 0.15) is 25.3 Å². The van der Waals surface area contributed by atoms with Gasteiger partial charge in [-0.2, -0.15) is 4.98 Å². The lowest BCUT2D eigenvalue weighted by atomic mass is 10.1. The number of hydrogen-bond donors (Lipinski definition) is 1. The van der Waals surface area contributed by atoms with Crippen molar-refractivity contribution in [3.05, 3.63) is 23.6 Å². The second kappa shape index (κ2) is 3.96. The van der Waals surface area contributed by atoms with Gasteiger partial charge in [-0.3, -0.25) is 0 Å². The van der Waals surface area contributed by atoms with Crippen LogP contribution in [0.25, 0.3) is 11.4 Å². The molecular formula is C13H15N3O3. The second-order valence-electron chi connectivity index (χ2n) is 4.93. The predicted octanol–water partition coefficient (Wildman–Crippen LogP) is 2.01. The molecule has 2 aromatic rings. The van der Waals surface area contributed by atoms with Crippen molar-refractivity contribution in [1.82, 2.24) is 10.1 Å². The van der Waals surface area contributed by atoms with E-state index < -0.39 is 5.79 Å². The van der Waals surface area contributed by atoms with E-state index in [1.807, 2.05) is 32.9 Å². The monoisotopic (exact) mass is 261 g/mol. The van der Waals surface area contributed by atoms with E-state index in [1.54, 1.807) is 0 Å². The zero-order valence-electron chi connectivity index (χ0n) is 11.1. The zero-order valence-corrected chi connectivity index (χ0v) is 11.1. The molecule has 0 amide bonds. The van der Waals surface area contributed by atoms with Gasteiger partial charge >= 0.3 is 0 Å².